The molecule has 0 aromatic heterocycles. The number of benzene rings is 1. The van der Waals surface area contributed by atoms with Gasteiger partial charge in [-0.25, -0.2) is 4.79 Å². The van der Waals surface area contributed by atoms with Crippen LogP contribution >= 0.6 is 12.4 Å². The van der Waals surface area contributed by atoms with Gasteiger partial charge in [0, 0.05) is 19.2 Å². The van der Waals surface area contributed by atoms with E-state index in [-0.39, 0.29) is 12.4 Å². The number of ether oxygens (including phenoxy) is 1. The number of likely N-dealkylation sites (tertiary alicyclic amines) is 1. The summed E-state index contributed by atoms with van der Waals surface area (Å²) in [6.07, 6.45) is 11.3. The standard InChI is InChI=1S/C13H16O3.C9H19NO.ClH/c14-13(15)10-6-8-12(9-7-10)16-11-4-2-1-3-5-11;1-9-5-2-3-6-10(9)7-4-8-11;/h6-9,11H,1-5H2,(H,14,15);9,11H,2-8H2,1H3;1H. The maximum atomic E-state index is 10.7. The fraction of sp³-hybridized carbons (Fsp3) is 0.682. The van der Waals surface area contributed by atoms with Crippen LogP contribution in [-0.4, -0.2) is 52.9 Å². The zero-order valence-corrected chi connectivity index (χ0v) is 17.8. The predicted octanol–water partition coefficient (Wildman–Crippen LogP) is 4.76. The van der Waals surface area contributed by atoms with Gasteiger partial charge in [0.1, 0.15) is 5.75 Å². The van der Waals surface area contributed by atoms with E-state index in [1.54, 1.807) is 24.3 Å². The monoisotopic (exact) mass is 413 g/mol. The molecule has 1 aromatic rings. The molecule has 1 atom stereocenters. The Morgan fingerprint density at radius 1 is 1.07 bits per heavy atom. The van der Waals surface area contributed by atoms with E-state index in [9.17, 15) is 4.79 Å². The quantitative estimate of drug-likeness (QED) is 0.703. The van der Waals surface area contributed by atoms with Crippen LogP contribution in [0.2, 0.25) is 0 Å². The maximum absolute atomic E-state index is 10.7. The van der Waals surface area contributed by atoms with Crippen molar-refractivity contribution in [2.24, 2.45) is 0 Å². The van der Waals surface area contributed by atoms with Crippen LogP contribution in [0.4, 0.5) is 0 Å². The van der Waals surface area contributed by atoms with Crippen LogP contribution < -0.4 is 4.74 Å². The largest absolute Gasteiger partial charge is 0.490 e. The molecule has 0 amide bonds. The van der Waals surface area contributed by atoms with Crippen LogP contribution in [0.15, 0.2) is 24.3 Å². The van der Waals surface area contributed by atoms with Gasteiger partial charge < -0.3 is 19.8 Å². The van der Waals surface area contributed by atoms with E-state index in [0.717, 1.165) is 37.6 Å². The van der Waals surface area contributed by atoms with Gasteiger partial charge in [-0.1, -0.05) is 12.8 Å². The number of carboxylic acid groups (broad SMARTS) is 1. The lowest BCUT2D eigenvalue weighted by molar-refractivity contribution is 0.0697. The molecule has 1 heterocycles. The average Bonchev–Trinajstić information content (AvgIpc) is 2.69. The molecule has 1 unspecified atom stereocenters. The molecule has 2 fully saturated rings. The van der Waals surface area contributed by atoms with Crippen LogP contribution in [0.1, 0.15) is 75.1 Å². The average molecular weight is 414 g/mol. The van der Waals surface area contributed by atoms with Gasteiger partial charge in [-0.3, -0.25) is 0 Å². The zero-order chi connectivity index (χ0) is 19.5. The number of aliphatic hydroxyl groups is 1. The fourth-order valence-corrected chi connectivity index (χ4v) is 3.82. The summed E-state index contributed by atoms with van der Waals surface area (Å²) in [6.45, 7) is 4.94. The first-order chi connectivity index (χ1) is 13.1. The van der Waals surface area contributed by atoms with Crippen molar-refractivity contribution in [3.05, 3.63) is 29.8 Å². The zero-order valence-electron chi connectivity index (χ0n) is 17.0. The number of aromatic carboxylic acids is 1. The summed E-state index contributed by atoms with van der Waals surface area (Å²) < 4.78 is 5.80. The van der Waals surface area contributed by atoms with Crippen LogP contribution in [0.5, 0.6) is 5.75 Å². The van der Waals surface area contributed by atoms with E-state index in [0.29, 0.717) is 18.3 Å². The topological polar surface area (TPSA) is 70.0 Å². The van der Waals surface area contributed by atoms with Gasteiger partial charge in [-0.05, 0) is 82.7 Å². The number of carboxylic acids is 1. The first-order valence-corrected chi connectivity index (χ1v) is 10.4. The number of aliphatic hydroxyl groups excluding tert-OH is 1. The van der Waals surface area contributed by atoms with Crippen molar-refractivity contribution >= 4 is 18.4 Å². The highest BCUT2D eigenvalue weighted by atomic mass is 35.5. The van der Waals surface area contributed by atoms with Gasteiger partial charge in [-0.15, -0.1) is 12.4 Å². The lowest BCUT2D eigenvalue weighted by atomic mass is 9.98. The summed E-state index contributed by atoms with van der Waals surface area (Å²) in [4.78, 5) is 13.1. The molecule has 0 bridgehead atoms. The summed E-state index contributed by atoms with van der Waals surface area (Å²) in [5, 5.41) is 17.4. The van der Waals surface area contributed by atoms with E-state index in [1.807, 2.05) is 0 Å². The minimum Gasteiger partial charge on any atom is -0.490 e. The third-order valence-corrected chi connectivity index (χ3v) is 5.50. The molecule has 3 rings (SSSR count). The molecule has 160 valence electrons. The van der Waals surface area contributed by atoms with Crippen LogP contribution in [0.25, 0.3) is 0 Å². The Bertz CT molecular complexity index is 546. The Morgan fingerprint density at radius 3 is 2.29 bits per heavy atom. The van der Waals surface area contributed by atoms with Gasteiger partial charge in [-0.2, -0.15) is 0 Å². The SMILES string of the molecule is CC1CCCCN1CCCO.Cl.O=C(O)c1ccc(OC2CCCCC2)cc1. The summed E-state index contributed by atoms with van der Waals surface area (Å²) >= 11 is 0. The maximum Gasteiger partial charge on any atom is 0.335 e. The number of carbonyl (C=O) groups is 1. The van der Waals surface area contributed by atoms with Gasteiger partial charge in [0.15, 0.2) is 0 Å². The molecule has 0 radical (unpaired) electrons. The Kier molecular flexibility index (Phi) is 12.2. The molecule has 6 heteroatoms. The molecule has 1 aromatic carbocycles. The van der Waals surface area contributed by atoms with Gasteiger partial charge >= 0.3 is 5.97 Å². The molecule has 1 saturated heterocycles. The third-order valence-electron chi connectivity index (χ3n) is 5.50. The number of halogens is 1. The van der Waals surface area contributed by atoms with Gasteiger partial charge in [0.05, 0.1) is 11.7 Å². The van der Waals surface area contributed by atoms with E-state index in [2.05, 4.69) is 11.8 Å². The molecule has 1 aliphatic carbocycles. The smallest absolute Gasteiger partial charge is 0.335 e. The minimum atomic E-state index is -0.899. The molecule has 1 saturated carbocycles. The van der Waals surface area contributed by atoms with E-state index >= 15 is 0 Å². The second-order valence-electron chi connectivity index (χ2n) is 7.67. The first-order valence-electron chi connectivity index (χ1n) is 10.4. The second kappa shape index (κ2) is 13.8. The Morgan fingerprint density at radius 2 is 1.71 bits per heavy atom. The van der Waals surface area contributed by atoms with Crippen molar-refractivity contribution in [3.8, 4) is 5.75 Å². The van der Waals surface area contributed by atoms with E-state index < -0.39 is 5.97 Å². The summed E-state index contributed by atoms with van der Waals surface area (Å²) in [5.74, 6) is -0.124. The lowest BCUT2D eigenvalue weighted by Crippen LogP contribution is -2.38. The number of rotatable bonds is 6. The van der Waals surface area contributed by atoms with Crippen LogP contribution in [0, 0.1) is 0 Å². The number of nitrogens with zero attached hydrogens (tertiary/aromatic N) is 1. The molecular weight excluding hydrogens is 378 g/mol. The number of hydrogen-bond acceptors (Lipinski definition) is 4. The Hall–Kier alpha value is -1.30. The molecule has 28 heavy (non-hydrogen) atoms. The van der Waals surface area contributed by atoms with Crippen molar-refractivity contribution in [1.82, 2.24) is 4.90 Å². The third kappa shape index (κ3) is 8.80. The highest BCUT2D eigenvalue weighted by molar-refractivity contribution is 5.87. The van der Waals surface area contributed by atoms with E-state index in [4.69, 9.17) is 14.9 Å². The normalized spacial score (nSPS) is 20.4. The van der Waals surface area contributed by atoms with Crippen molar-refractivity contribution in [2.75, 3.05) is 19.7 Å². The molecule has 5 nitrogen and oxygen atoms in total. The Labute approximate surface area is 175 Å². The molecule has 2 aliphatic rings. The lowest BCUT2D eigenvalue weighted by Gasteiger charge is -2.33. The molecular formula is C22H36ClNO4. The molecule has 2 N–H and O–H groups in total. The number of hydrogen-bond donors (Lipinski definition) is 2. The fourth-order valence-electron chi connectivity index (χ4n) is 3.82. The summed E-state index contributed by atoms with van der Waals surface area (Å²) in [5.41, 5.74) is 0.302. The number of piperidine rings is 1. The predicted molar refractivity (Wildman–Crippen MR) is 115 cm³/mol. The van der Waals surface area contributed by atoms with Crippen LogP contribution in [0.3, 0.4) is 0 Å². The second-order valence-corrected chi connectivity index (χ2v) is 7.67. The van der Waals surface area contributed by atoms with Crippen molar-refractivity contribution in [1.29, 1.82) is 0 Å². The molecule has 0 spiro atoms. The van der Waals surface area contributed by atoms with E-state index in [1.165, 1.54) is 45.1 Å². The van der Waals surface area contributed by atoms with Crippen LogP contribution in [-0.2, 0) is 0 Å². The first kappa shape index (κ1) is 24.7. The molecule has 1 aliphatic heterocycles. The highest BCUT2D eigenvalue weighted by Gasteiger charge is 2.17. The van der Waals surface area contributed by atoms with Crippen molar-refractivity contribution in [3.63, 3.8) is 0 Å². The summed E-state index contributed by atoms with van der Waals surface area (Å²) in [6, 6.07) is 7.38. The summed E-state index contributed by atoms with van der Waals surface area (Å²) in [7, 11) is 0. The Balaban J connectivity index is 0.000000289. The highest BCUT2D eigenvalue weighted by Crippen LogP contribution is 2.23. The van der Waals surface area contributed by atoms with Gasteiger partial charge in [0.25, 0.3) is 0 Å². The van der Waals surface area contributed by atoms with Crippen molar-refractivity contribution in [2.45, 2.75) is 76.9 Å². The minimum absolute atomic E-state index is 0. The van der Waals surface area contributed by atoms with Gasteiger partial charge in [0.2, 0.25) is 0 Å². The van der Waals surface area contributed by atoms with Crippen molar-refractivity contribution < 1.29 is 19.7 Å².